The Morgan fingerprint density at radius 3 is 1.50 bits per heavy atom. The van der Waals surface area contributed by atoms with Crippen molar-refractivity contribution in [3.05, 3.63) is 71.8 Å². The molecule has 10 nitrogen and oxygen atoms in total. The summed E-state index contributed by atoms with van der Waals surface area (Å²) in [6.07, 6.45) is 3.88. The summed E-state index contributed by atoms with van der Waals surface area (Å²) in [5.41, 5.74) is 1.41. The number of rotatable bonds is 12. The van der Waals surface area contributed by atoms with Gasteiger partial charge in [-0.3, -0.25) is 4.52 Å². The van der Waals surface area contributed by atoms with Gasteiger partial charge in [-0.1, -0.05) is 24.3 Å². The van der Waals surface area contributed by atoms with Crippen molar-refractivity contribution >= 4 is 31.9 Å². The number of methoxy groups -OCH3 is 2. The van der Waals surface area contributed by atoms with Crippen molar-refractivity contribution < 1.29 is 47.4 Å². The molecule has 2 rings (SSSR count). The number of hydrogen-bond acceptors (Lipinski definition) is 8. The third-order valence-electron chi connectivity index (χ3n) is 4.16. The van der Waals surface area contributed by atoms with Crippen LogP contribution in [0.15, 0.2) is 60.7 Å². The Kier molecular flexibility index (Phi) is 10.5. The van der Waals surface area contributed by atoms with Crippen LogP contribution in [0, 0.1) is 0 Å². The highest BCUT2D eigenvalue weighted by Crippen LogP contribution is 2.37. The molecule has 2 aromatic rings. The standard InChI is InChI=1S/C23H25O10P/c1-29-19-9-3-17(4-10-19)7-13-22(24)31-15-21(33-34(26,27)28)16-32-23(25)14-8-18-5-11-20(30-2)12-6-18/h3-14,21H,15-16H2,1-2H3,(H2,26,27,28)/b13-7+,14-8+. The number of esters is 2. The van der Waals surface area contributed by atoms with Gasteiger partial charge in [0.15, 0.2) is 0 Å². The van der Waals surface area contributed by atoms with E-state index in [0.29, 0.717) is 22.6 Å². The summed E-state index contributed by atoms with van der Waals surface area (Å²) in [4.78, 5) is 42.0. The monoisotopic (exact) mass is 492 g/mol. The SMILES string of the molecule is COc1ccc(/C=C/C(=O)OCC(COC(=O)/C=C/c2ccc(OC)cc2)OP(=O)(O)O)cc1. The molecule has 2 aromatic carbocycles. The minimum Gasteiger partial charge on any atom is -0.497 e. The number of carbonyl (C=O) groups is 2. The van der Waals surface area contributed by atoms with Crippen LogP contribution in [0.2, 0.25) is 0 Å². The highest BCUT2D eigenvalue weighted by atomic mass is 31.2. The largest absolute Gasteiger partial charge is 0.497 e. The summed E-state index contributed by atoms with van der Waals surface area (Å²) in [6.45, 7) is -1.10. The summed E-state index contributed by atoms with van der Waals surface area (Å²) in [6, 6.07) is 13.8. The molecule has 0 aromatic heterocycles. The quantitative estimate of drug-likeness (QED) is 0.258. The number of ether oxygens (including phenoxy) is 4. The Balaban J connectivity index is 1.87. The molecule has 0 unspecified atom stereocenters. The molecule has 0 atom stereocenters. The fourth-order valence-electron chi connectivity index (χ4n) is 2.51. The molecule has 11 heteroatoms. The van der Waals surface area contributed by atoms with Crippen LogP contribution in [0.5, 0.6) is 11.5 Å². The van der Waals surface area contributed by atoms with Gasteiger partial charge in [-0.05, 0) is 47.5 Å². The second kappa shape index (κ2) is 13.3. The van der Waals surface area contributed by atoms with Gasteiger partial charge in [-0.2, -0.15) is 0 Å². The molecule has 0 heterocycles. The first kappa shape index (κ1) is 26.8. The van der Waals surface area contributed by atoms with Crippen LogP contribution < -0.4 is 9.47 Å². The van der Waals surface area contributed by atoms with Gasteiger partial charge < -0.3 is 28.7 Å². The van der Waals surface area contributed by atoms with E-state index in [9.17, 15) is 14.2 Å². The molecule has 0 saturated carbocycles. The molecule has 0 aliphatic carbocycles. The maximum atomic E-state index is 11.9. The molecule has 2 N–H and O–H groups in total. The second-order valence-corrected chi connectivity index (χ2v) is 7.88. The zero-order chi connectivity index (χ0) is 25.0. The Morgan fingerprint density at radius 1 is 0.794 bits per heavy atom. The minimum absolute atomic E-state index is 0.549. The molecule has 0 aliphatic rings. The molecule has 34 heavy (non-hydrogen) atoms. The van der Waals surface area contributed by atoms with Gasteiger partial charge in [0.2, 0.25) is 0 Å². The fourth-order valence-corrected chi connectivity index (χ4v) is 3.02. The van der Waals surface area contributed by atoms with Crippen LogP contribution in [-0.2, 0) is 28.2 Å². The van der Waals surface area contributed by atoms with Crippen LogP contribution in [0.25, 0.3) is 12.2 Å². The van der Waals surface area contributed by atoms with Gasteiger partial charge in [0.25, 0.3) is 0 Å². The lowest BCUT2D eigenvalue weighted by atomic mass is 10.2. The van der Waals surface area contributed by atoms with Gasteiger partial charge in [-0.15, -0.1) is 0 Å². The summed E-state index contributed by atoms with van der Waals surface area (Å²) in [5, 5.41) is 0. The summed E-state index contributed by atoms with van der Waals surface area (Å²) in [5.74, 6) is -0.238. The van der Waals surface area contributed by atoms with Gasteiger partial charge >= 0.3 is 19.8 Å². The number of phosphoric acid groups is 1. The Bertz CT molecular complexity index is 965. The summed E-state index contributed by atoms with van der Waals surface area (Å²) < 4.78 is 35.8. The lowest BCUT2D eigenvalue weighted by Crippen LogP contribution is -2.27. The van der Waals surface area contributed by atoms with Crippen molar-refractivity contribution in [2.24, 2.45) is 0 Å². The average molecular weight is 492 g/mol. The summed E-state index contributed by atoms with van der Waals surface area (Å²) in [7, 11) is -1.86. The van der Waals surface area contributed by atoms with Crippen molar-refractivity contribution in [2.45, 2.75) is 6.10 Å². The molecule has 0 fully saturated rings. The predicted octanol–water partition coefficient (Wildman–Crippen LogP) is 2.99. The number of phosphoric ester groups is 1. The van der Waals surface area contributed by atoms with Crippen LogP contribution in [0.1, 0.15) is 11.1 Å². The normalized spacial score (nSPS) is 11.7. The van der Waals surface area contributed by atoms with Crippen molar-refractivity contribution in [3.63, 3.8) is 0 Å². The molecule has 0 spiro atoms. The summed E-state index contributed by atoms with van der Waals surface area (Å²) >= 11 is 0. The fraction of sp³-hybridized carbons (Fsp3) is 0.217. The highest BCUT2D eigenvalue weighted by Gasteiger charge is 2.24. The molecule has 0 bridgehead atoms. The van der Waals surface area contributed by atoms with E-state index in [0.717, 1.165) is 12.2 Å². The van der Waals surface area contributed by atoms with E-state index in [2.05, 4.69) is 4.52 Å². The molecule has 0 radical (unpaired) electrons. The Morgan fingerprint density at radius 2 is 1.18 bits per heavy atom. The first-order valence-electron chi connectivity index (χ1n) is 9.90. The van der Waals surface area contributed by atoms with E-state index in [-0.39, 0.29) is 0 Å². The van der Waals surface area contributed by atoms with Crippen LogP contribution in [-0.4, -0.2) is 55.3 Å². The van der Waals surface area contributed by atoms with E-state index in [1.807, 2.05) is 0 Å². The van der Waals surface area contributed by atoms with Crippen molar-refractivity contribution in [1.29, 1.82) is 0 Å². The number of carbonyl (C=O) groups excluding carboxylic acids is 2. The van der Waals surface area contributed by atoms with Crippen molar-refractivity contribution in [2.75, 3.05) is 27.4 Å². The number of benzene rings is 2. The highest BCUT2D eigenvalue weighted by molar-refractivity contribution is 7.46. The van der Waals surface area contributed by atoms with Crippen LogP contribution in [0.3, 0.4) is 0 Å². The first-order chi connectivity index (χ1) is 16.2. The van der Waals surface area contributed by atoms with E-state index in [1.165, 1.54) is 26.4 Å². The Labute approximate surface area is 196 Å². The van der Waals surface area contributed by atoms with Gasteiger partial charge in [-0.25, -0.2) is 14.2 Å². The first-order valence-corrected chi connectivity index (χ1v) is 11.4. The topological polar surface area (TPSA) is 138 Å². The molecular weight excluding hydrogens is 467 g/mol. The van der Waals surface area contributed by atoms with Gasteiger partial charge in [0, 0.05) is 12.2 Å². The average Bonchev–Trinajstić information content (AvgIpc) is 2.82. The number of hydrogen-bond donors (Lipinski definition) is 2. The zero-order valence-corrected chi connectivity index (χ0v) is 19.4. The molecule has 0 aliphatic heterocycles. The lowest BCUT2D eigenvalue weighted by Gasteiger charge is -2.17. The van der Waals surface area contributed by atoms with E-state index in [1.54, 1.807) is 48.5 Å². The lowest BCUT2D eigenvalue weighted by molar-refractivity contribution is -0.145. The van der Waals surface area contributed by atoms with Crippen molar-refractivity contribution in [1.82, 2.24) is 0 Å². The zero-order valence-electron chi connectivity index (χ0n) is 18.5. The van der Waals surface area contributed by atoms with E-state index in [4.69, 9.17) is 28.7 Å². The molecule has 0 amide bonds. The molecule has 182 valence electrons. The third-order valence-corrected chi connectivity index (χ3v) is 4.74. The van der Waals surface area contributed by atoms with Crippen molar-refractivity contribution in [3.8, 4) is 11.5 Å². The Hall–Kier alpha value is -3.43. The smallest absolute Gasteiger partial charge is 0.470 e. The molecular formula is C23H25O10P. The van der Waals surface area contributed by atoms with Crippen LogP contribution in [0.4, 0.5) is 0 Å². The predicted molar refractivity (Wildman–Crippen MR) is 123 cm³/mol. The van der Waals surface area contributed by atoms with E-state index < -0.39 is 39.1 Å². The van der Waals surface area contributed by atoms with Gasteiger partial charge in [0.05, 0.1) is 14.2 Å². The third kappa shape index (κ3) is 10.5. The van der Waals surface area contributed by atoms with E-state index >= 15 is 0 Å². The molecule has 0 saturated heterocycles. The maximum absolute atomic E-state index is 11.9. The maximum Gasteiger partial charge on any atom is 0.470 e. The minimum atomic E-state index is -4.93. The van der Waals surface area contributed by atoms with Crippen LogP contribution >= 0.6 is 7.82 Å². The second-order valence-electron chi connectivity index (χ2n) is 6.69. The van der Waals surface area contributed by atoms with Gasteiger partial charge in [0.1, 0.15) is 30.8 Å².